The minimum absolute atomic E-state index is 0. The molecule has 2 N–H and O–H groups in total. The summed E-state index contributed by atoms with van der Waals surface area (Å²) in [4.78, 5) is 8.97. The molecule has 132 valence electrons. The van der Waals surface area contributed by atoms with Gasteiger partial charge in [-0.1, -0.05) is 33.6 Å². The molecule has 0 amide bonds. The van der Waals surface area contributed by atoms with E-state index in [1.54, 1.807) is 11.3 Å². The fraction of sp³-hybridized carbons (Fsp3) is 0.765. The van der Waals surface area contributed by atoms with E-state index in [0.29, 0.717) is 5.92 Å². The molecular formula is C17H31IN4S. The molecule has 1 aliphatic rings. The Morgan fingerprint density at radius 2 is 2.17 bits per heavy atom. The quantitative estimate of drug-likeness (QED) is 0.398. The summed E-state index contributed by atoms with van der Waals surface area (Å²) in [6, 6.07) is 0. The van der Waals surface area contributed by atoms with Crippen molar-refractivity contribution in [2.45, 2.75) is 58.9 Å². The zero-order valence-corrected chi connectivity index (χ0v) is 17.9. The van der Waals surface area contributed by atoms with Crippen LogP contribution in [0.2, 0.25) is 0 Å². The number of nitrogens with one attached hydrogen (secondary N) is 2. The normalized spacial score (nSPS) is 21.9. The van der Waals surface area contributed by atoms with Crippen LogP contribution in [-0.4, -0.2) is 24.5 Å². The van der Waals surface area contributed by atoms with Crippen molar-refractivity contribution < 1.29 is 0 Å². The van der Waals surface area contributed by atoms with Gasteiger partial charge in [0.25, 0.3) is 0 Å². The summed E-state index contributed by atoms with van der Waals surface area (Å²) in [6.45, 7) is 8.50. The van der Waals surface area contributed by atoms with Gasteiger partial charge >= 0.3 is 0 Å². The van der Waals surface area contributed by atoms with Crippen LogP contribution in [0.1, 0.15) is 63.1 Å². The minimum atomic E-state index is 0. The zero-order chi connectivity index (χ0) is 15.9. The van der Waals surface area contributed by atoms with Crippen LogP contribution in [0.15, 0.2) is 10.4 Å². The Kier molecular flexibility index (Phi) is 9.43. The summed E-state index contributed by atoms with van der Waals surface area (Å²) in [5.74, 6) is 3.05. The molecule has 23 heavy (non-hydrogen) atoms. The van der Waals surface area contributed by atoms with Gasteiger partial charge in [0.15, 0.2) is 5.96 Å². The topological polar surface area (TPSA) is 49.3 Å². The van der Waals surface area contributed by atoms with Gasteiger partial charge in [-0.15, -0.1) is 35.3 Å². The highest BCUT2D eigenvalue weighted by Crippen LogP contribution is 2.27. The largest absolute Gasteiger partial charge is 0.356 e. The SMILES string of the molecule is CN=C(NCc1nc(C(C)C)cs1)NCC1CCCC(C)C1.I. The van der Waals surface area contributed by atoms with Gasteiger partial charge in [0.05, 0.1) is 12.2 Å². The average Bonchev–Trinajstić information content (AvgIpc) is 2.97. The lowest BCUT2D eigenvalue weighted by atomic mass is 9.82. The Morgan fingerprint density at radius 1 is 1.39 bits per heavy atom. The molecule has 0 radical (unpaired) electrons. The number of halogens is 1. The zero-order valence-electron chi connectivity index (χ0n) is 14.8. The maximum absolute atomic E-state index is 4.65. The maximum atomic E-state index is 4.65. The van der Waals surface area contributed by atoms with Crippen molar-refractivity contribution in [3.05, 3.63) is 16.1 Å². The molecule has 0 spiro atoms. The van der Waals surface area contributed by atoms with E-state index in [2.05, 4.69) is 46.8 Å². The molecule has 4 nitrogen and oxygen atoms in total. The van der Waals surface area contributed by atoms with Crippen LogP contribution < -0.4 is 10.6 Å². The van der Waals surface area contributed by atoms with Gasteiger partial charge in [-0.25, -0.2) is 4.98 Å². The average molecular weight is 450 g/mol. The van der Waals surface area contributed by atoms with Crippen molar-refractivity contribution in [2.24, 2.45) is 16.8 Å². The Balaban J connectivity index is 0.00000264. The first-order valence-corrected chi connectivity index (χ1v) is 9.35. The Bertz CT molecular complexity index is 487. The van der Waals surface area contributed by atoms with Crippen LogP contribution in [0.4, 0.5) is 0 Å². The molecule has 2 unspecified atom stereocenters. The van der Waals surface area contributed by atoms with E-state index in [9.17, 15) is 0 Å². The minimum Gasteiger partial charge on any atom is -0.356 e. The lowest BCUT2D eigenvalue weighted by molar-refractivity contribution is 0.282. The molecule has 0 aromatic carbocycles. The molecule has 1 saturated carbocycles. The van der Waals surface area contributed by atoms with Gasteiger partial charge in [0.1, 0.15) is 5.01 Å². The van der Waals surface area contributed by atoms with E-state index < -0.39 is 0 Å². The predicted octanol–water partition coefficient (Wildman–Crippen LogP) is 4.38. The highest BCUT2D eigenvalue weighted by atomic mass is 127. The molecule has 6 heteroatoms. The molecule has 0 bridgehead atoms. The fourth-order valence-corrected chi connectivity index (χ4v) is 3.93. The van der Waals surface area contributed by atoms with Gasteiger partial charge < -0.3 is 10.6 Å². The monoisotopic (exact) mass is 450 g/mol. The molecule has 1 aliphatic carbocycles. The smallest absolute Gasteiger partial charge is 0.191 e. The second-order valence-corrected chi connectivity index (χ2v) is 7.71. The fourth-order valence-electron chi connectivity index (χ4n) is 3.04. The van der Waals surface area contributed by atoms with Crippen molar-refractivity contribution in [2.75, 3.05) is 13.6 Å². The van der Waals surface area contributed by atoms with Crippen molar-refractivity contribution in [3.8, 4) is 0 Å². The molecule has 2 atom stereocenters. The number of rotatable bonds is 5. The van der Waals surface area contributed by atoms with E-state index in [0.717, 1.165) is 35.9 Å². The van der Waals surface area contributed by atoms with Crippen molar-refractivity contribution in [3.63, 3.8) is 0 Å². The Hall–Kier alpha value is -0.370. The van der Waals surface area contributed by atoms with E-state index in [1.165, 1.54) is 31.4 Å². The summed E-state index contributed by atoms with van der Waals surface area (Å²) >= 11 is 1.72. The number of hydrogen-bond acceptors (Lipinski definition) is 3. The van der Waals surface area contributed by atoms with Gasteiger partial charge in [-0.05, 0) is 30.6 Å². The third kappa shape index (κ3) is 6.95. The number of aromatic nitrogens is 1. The number of guanidine groups is 1. The van der Waals surface area contributed by atoms with Gasteiger partial charge in [0.2, 0.25) is 0 Å². The number of hydrogen-bond donors (Lipinski definition) is 2. The molecule has 1 aromatic rings. The number of nitrogens with zero attached hydrogens (tertiary/aromatic N) is 2. The Morgan fingerprint density at radius 3 is 2.78 bits per heavy atom. The van der Waals surface area contributed by atoms with Crippen molar-refractivity contribution >= 4 is 41.3 Å². The molecule has 0 aliphatic heterocycles. The van der Waals surface area contributed by atoms with Crippen molar-refractivity contribution in [1.29, 1.82) is 0 Å². The first-order valence-electron chi connectivity index (χ1n) is 8.47. The lowest BCUT2D eigenvalue weighted by Gasteiger charge is -2.27. The first-order chi connectivity index (χ1) is 10.6. The van der Waals surface area contributed by atoms with Gasteiger partial charge in [-0.3, -0.25) is 4.99 Å². The van der Waals surface area contributed by atoms with Crippen LogP contribution in [-0.2, 0) is 6.54 Å². The first kappa shape index (κ1) is 20.7. The lowest BCUT2D eigenvalue weighted by Crippen LogP contribution is -2.40. The number of aliphatic imine (C=N–C) groups is 1. The summed E-state index contributed by atoms with van der Waals surface area (Å²) in [6.07, 6.45) is 5.45. The van der Waals surface area contributed by atoms with Gasteiger partial charge in [-0.2, -0.15) is 0 Å². The molecule has 1 fully saturated rings. The van der Waals surface area contributed by atoms with Crippen LogP contribution >= 0.6 is 35.3 Å². The third-order valence-corrected chi connectivity index (χ3v) is 5.26. The molecule has 2 rings (SSSR count). The molecule has 1 aromatic heterocycles. The molecule has 0 saturated heterocycles. The molecular weight excluding hydrogens is 419 g/mol. The summed E-state index contributed by atoms with van der Waals surface area (Å²) in [5.41, 5.74) is 1.18. The third-order valence-electron chi connectivity index (χ3n) is 4.39. The van der Waals surface area contributed by atoms with E-state index in [-0.39, 0.29) is 24.0 Å². The second kappa shape index (κ2) is 10.5. The summed E-state index contributed by atoms with van der Waals surface area (Å²) < 4.78 is 0. The maximum Gasteiger partial charge on any atom is 0.191 e. The predicted molar refractivity (Wildman–Crippen MR) is 111 cm³/mol. The van der Waals surface area contributed by atoms with Gasteiger partial charge in [0, 0.05) is 19.0 Å². The van der Waals surface area contributed by atoms with E-state index in [4.69, 9.17) is 0 Å². The van der Waals surface area contributed by atoms with Crippen molar-refractivity contribution in [1.82, 2.24) is 15.6 Å². The number of thiazole rings is 1. The summed E-state index contributed by atoms with van der Waals surface area (Å²) in [5, 5.41) is 10.1. The van der Waals surface area contributed by atoms with Crippen LogP contribution in [0.3, 0.4) is 0 Å². The highest BCUT2D eigenvalue weighted by Gasteiger charge is 2.18. The van der Waals surface area contributed by atoms with E-state index >= 15 is 0 Å². The highest BCUT2D eigenvalue weighted by molar-refractivity contribution is 14.0. The summed E-state index contributed by atoms with van der Waals surface area (Å²) in [7, 11) is 1.83. The Labute approximate surface area is 162 Å². The van der Waals surface area contributed by atoms with E-state index in [1.807, 2.05) is 7.05 Å². The standard InChI is InChI=1S/C17H30N4S.HI/c1-12(2)15-11-22-16(21-15)10-20-17(18-4)19-9-14-7-5-6-13(3)8-14;/h11-14H,5-10H2,1-4H3,(H2,18,19,20);1H. The van der Waals surface area contributed by atoms with Crippen LogP contribution in [0.5, 0.6) is 0 Å². The van der Waals surface area contributed by atoms with Crippen LogP contribution in [0.25, 0.3) is 0 Å². The molecule has 1 heterocycles. The second-order valence-electron chi connectivity index (χ2n) is 6.77. The van der Waals surface area contributed by atoms with Crippen LogP contribution in [0, 0.1) is 11.8 Å².